The summed E-state index contributed by atoms with van der Waals surface area (Å²) < 4.78 is 4.75. The van der Waals surface area contributed by atoms with Gasteiger partial charge in [-0.15, -0.1) is 5.48 Å². The first-order chi connectivity index (χ1) is 10.7. The van der Waals surface area contributed by atoms with Crippen LogP contribution in [0.5, 0.6) is 0 Å². The number of carbonyl (C=O) groups excluding carboxylic acids is 2. The van der Waals surface area contributed by atoms with E-state index in [9.17, 15) is 9.59 Å². The standard InChI is InChI=1S/C15H20N2O4S/c1-20-14(18)13(11-12-5-3-2-4-6-12)16-21-15(19)17-7-9-22-10-8-17/h2-6,13,16H,7-11H2,1H3/t13-/m0/s1. The molecule has 1 fully saturated rings. The van der Waals surface area contributed by atoms with Crippen LogP contribution in [0.4, 0.5) is 4.79 Å². The van der Waals surface area contributed by atoms with Crippen LogP contribution in [0.25, 0.3) is 0 Å². The molecule has 1 aliphatic rings. The number of nitrogens with zero attached hydrogens (tertiary/aromatic N) is 1. The van der Waals surface area contributed by atoms with Crippen molar-refractivity contribution < 1.29 is 19.2 Å². The van der Waals surface area contributed by atoms with Crippen molar-refractivity contribution in [3.63, 3.8) is 0 Å². The number of carbonyl (C=O) groups is 2. The van der Waals surface area contributed by atoms with Crippen LogP contribution in [0.15, 0.2) is 30.3 Å². The summed E-state index contributed by atoms with van der Waals surface area (Å²) in [5.74, 6) is 1.34. The number of hydrogen-bond acceptors (Lipinski definition) is 6. The summed E-state index contributed by atoms with van der Waals surface area (Å²) in [7, 11) is 1.31. The van der Waals surface area contributed by atoms with Gasteiger partial charge in [-0.3, -0.25) is 4.79 Å². The molecule has 1 heterocycles. The fourth-order valence-electron chi connectivity index (χ4n) is 2.10. The van der Waals surface area contributed by atoms with Crippen molar-refractivity contribution in [1.82, 2.24) is 10.4 Å². The molecule has 1 aromatic carbocycles. The van der Waals surface area contributed by atoms with Crippen molar-refractivity contribution in [1.29, 1.82) is 0 Å². The van der Waals surface area contributed by atoms with Crippen molar-refractivity contribution in [2.45, 2.75) is 12.5 Å². The first kappa shape index (κ1) is 16.6. The molecule has 1 atom stereocenters. The Morgan fingerprint density at radius 2 is 1.95 bits per heavy atom. The third-order valence-electron chi connectivity index (χ3n) is 3.33. The van der Waals surface area contributed by atoms with Crippen molar-refractivity contribution >= 4 is 23.8 Å². The Kier molecular flexibility index (Phi) is 6.54. The lowest BCUT2D eigenvalue weighted by Crippen LogP contribution is -2.45. The molecule has 0 aromatic heterocycles. The molecule has 120 valence electrons. The molecule has 0 aliphatic carbocycles. The van der Waals surface area contributed by atoms with Crippen molar-refractivity contribution in [3.8, 4) is 0 Å². The molecule has 6 nitrogen and oxygen atoms in total. The smallest absolute Gasteiger partial charge is 0.428 e. The molecule has 1 N–H and O–H groups in total. The lowest BCUT2D eigenvalue weighted by molar-refractivity contribution is -0.146. The van der Waals surface area contributed by atoms with E-state index in [1.54, 1.807) is 16.7 Å². The molecular weight excluding hydrogens is 304 g/mol. The number of benzene rings is 1. The number of methoxy groups -OCH3 is 1. The molecule has 1 aromatic rings. The normalized spacial score (nSPS) is 16.0. The van der Waals surface area contributed by atoms with Gasteiger partial charge in [0, 0.05) is 31.0 Å². The summed E-state index contributed by atoms with van der Waals surface area (Å²) in [6, 6.07) is 8.76. The number of esters is 1. The van der Waals surface area contributed by atoms with Crippen molar-refractivity contribution in [2.24, 2.45) is 0 Å². The lowest BCUT2D eigenvalue weighted by atomic mass is 10.1. The zero-order valence-corrected chi connectivity index (χ0v) is 13.3. The third kappa shape index (κ3) is 4.92. The number of hydroxylamine groups is 1. The fraction of sp³-hybridized carbons (Fsp3) is 0.467. The topological polar surface area (TPSA) is 67.9 Å². The second-order valence-corrected chi connectivity index (χ2v) is 6.08. The van der Waals surface area contributed by atoms with Gasteiger partial charge in [0.25, 0.3) is 0 Å². The Morgan fingerprint density at radius 1 is 1.27 bits per heavy atom. The van der Waals surface area contributed by atoms with Crippen LogP contribution < -0.4 is 5.48 Å². The van der Waals surface area contributed by atoms with Gasteiger partial charge in [-0.1, -0.05) is 30.3 Å². The van der Waals surface area contributed by atoms with Crippen LogP contribution in [0.3, 0.4) is 0 Å². The van der Waals surface area contributed by atoms with E-state index in [0.29, 0.717) is 19.5 Å². The highest BCUT2D eigenvalue weighted by molar-refractivity contribution is 7.99. The minimum Gasteiger partial charge on any atom is -0.468 e. The number of thioether (sulfide) groups is 1. The maximum Gasteiger partial charge on any atom is 0.428 e. The fourth-order valence-corrected chi connectivity index (χ4v) is 3.00. The Labute approximate surface area is 134 Å². The Hall–Kier alpha value is -1.73. The van der Waals surface area contributed by atoms with Gasteiger partial charge in [0.05, 0.1) is 7.11 Å². The van der Waals surface area contributed by atoms with Crippen LogP contribution in [0, 0.1) is 0 Å². The van der Waals surface area contributed by atoms with E-state index < -0.39 is 18.1 Å². The first-order valence-corrected chi connectivity index (χ1v) is 8.27. The molecule has 2 rings (SSSR count). The highest BCUT2D eigenvalue weighted by Gasteiger charge is 2.24. The molecule has 0 radical (unpaired) electrons. The van der Waals surface area contributed by atoms with E-state index in [1.165, 1.54) is 7.11 Å². The van der Waals surface area contributed by atoms with Gasteiger partial charge in [-0.25, -0.2) is 4.79 Å². The summed E-state index contributed by atoms with van der Waals surface area (Å²) in [5.41, 5.74) is 3.50. The summed E-state index contributed by atoms with van der Waals surface area (Å²) in [6.45, 7) is 1.32. The van der Waals surface area contributed by atoms with Crippen LogP contribution in [-0.2, 0) is 20.8 Å². The maximum absolute atomic E-state index is 11.9. The largest absolute Gasteiger partial charge is 0.468 e. The molecule has 7 heteroatoms. The van der Waals surface area contributed by atoms with E-state index in [4.69, 9.17) is 9.57 Å². The highest BCUT2D eigenvalue weighted by Crippen LogP contribution is 2.10. The Morgan fingerprint density at radius 3 is 2.59 bits per heavy atom. The number of nitrogens with one attached hydrogen (secondary N) is 1. The molecule has 0 spiro atoms. The predicted octanol–water partition coefficient (Wildman–Crippen LogP) is 1.46. The molecule has 0 saturated carbocycles. The van der Waals surface area contributed by atoms with E-state index in [-0.39, 0.29) is 0 Å². The quantitative estimate of drug-likeness (QED) is 0.653. The minimum absolute atomic E-state index is 0.386. The zero-order chi connectivity index (χ0) is 15.8. The van der Waals surface area contributed by atoms with Crippen LogP contribution in [0.2, 0.25) is 0 Å². The average molecular weight is 324 g/mol. The summed E-state index contributed by atoms with van der Waals surface area (Å²) >= 11 is 1.81. The molecule has 1 amide bonds. The molecule has 1 aliphatic heterocycles. The van der Waals surface area contributed by atoms with Gasteiger partial charge in [-0.2, -0.15) is 11.8 Å². The predicted molar refractivity (Wildman–Crippen MR) is 84.5 cm³/mol. The van der Waals surface area contributed by atoms with Crippen molar-refractivity contribution in [3.05, 3.63) is 35.9 Å². The zero-order valence-electron chi connectivity index (χ0n) is 12.5. The van der Waals surface area contributed by atoms with E-state index in [0.717, 1.165) is 17.1 Å². The van der Waals surface area contributed by atoms with Gasteiger partial charge >= 0.3 is 12.1 Å². The van der Waals surface area contributed by atoms with Crippen LogP contribution in [-0.4, -0.2) is 54.7 Å². The summed E-state index contributed by atoms with van der Waals surface area (Å²) in [5, 5.41) is 0. The minimum atomic E-state index is -0.726. The van der Waals surface area contributed by atoms with Gasteiger partial charge in [0.15, 0.2) is 0 Å². The Balaban J connectivity index is 1.89. The van der Waals surface area contributed by atoms with E-state index >= 15 is 0 Å². The number of amides is 1. The highest BCUT2D eigenvalue weighted by atomic mass is 32.2. The number of hydrogen-bond donors (Lipinski definition) is 1. The lowest BCUT2D eigenvalue weighted by Gasteiger charge is -2.26. The summed E-state index contributed by atoms with van der Waals surface area (Å²) in [4.78, 5) is 30.4. The van der Waals surface area contributed by atoms with Gasteiger partial charge < -0.3 is 14.5 Å². The van der Waals surface area contributed by atoms with E-state index in [1.807, 2.05) is 30.3 Å². The molecule has 0 unspecified atom stereocenters. The van der Waals surface area contributed by atoms with E-state index in [2.05, 4.69) is 5.48 Å². The van der Waals surface area contributed by atoms with Crippen LogP contribution >= 0.6 is 11.8 Å². The maximum atomic E-state index is 11.9. The molecule has 0 bridgehead atoms. The number of rotatable bonds is 5. The van der Waals surface area contributed by atoms with Crippen molar-refractivity contribution in [2.75, 3.05) is 31.7 Å². The average Bonchev–Trinajstić information content (AvgIpc) is 2.59. The monoisotopic (exact) mass is 324 g/mol. The summed E-state index contributed by atoms with van der Waals surface area (Å²) in [6.07, 6.45) is -0.0707. The first-order valence-electron chi connectivity index (χ1n) is 7.11. The second kappa shape index (κ2) is 8.65. The molecule has 22 heavy (non-hydrogen) atoms. The number of ether oxygens (including phenoxy) is 1. The molecular formula is C15H20N2O4S. The Bertz CT molecular complexity index is 492. The van der Waals surface area contributed by atoms with Gasteiger partial charge in [0.2, 0.25) is 0 Å². The second-order valence-electron chi connectivity index (χ2n) is 4.85. The van der Waals surface area contributed by atoms with Gasteiger partial charge in [0.1, 0.15) is 6.04 Å². The van der Waals surface area contributed by atoms with Gasteiger partial charge in [-0.05, 0) is 5.56 Å². The molecule has 1 saturated heterocycles. The van der Waals surface area contributed by atoms with Crippen LogP contribution in [0.1, 0.15) is 5.56 Å². The SMILES string of the molecule is COC(=O)[C@H](Cc1ccccc1)NOC(=O)N1CCSCC1. The third-order valence-corrected chi connectivity index (χ3v) is 4.27.